The molecule has 0 saturated heterocycles. The van der Waals surface area contributed by atoms with Gasteiger partial charge in [0, 0.05) is 6.42 Å². The predicted molar refractivity (Wildman–Crippen MR) is 92.1 cm³/mol. The highest BCUT2D eigenvalue weighted by molar-refractivity contribution is 7.96. The quantitative estimate of drug-likeness (QED) is 0.771. The van der Waals surface area contributed by atoms with Crippen molar-refractivity contribution in [3.63, 3.8) is 0 Å². The smallest absolute Gasteiger partial charge is 0.350 e. The van der Waals surface area contributed by atoms with E-state index in [2.05, 4.69) is 20.8 Å². The number of sulfone groups is 1. The summed E-state index contributed by atoms with van der Waals surface area (Å²) in [5.74, 6) is -0.785. The molecule has 0 fully saturated rings. The van der Waals surface area contributed by atoms with E-state index in [1.807, 2.05) is 12.2 Å². The fourth-order valence-corrected chi connectivity index (χ4v) is 4.03. The Bertz CT molecular complexity index is 863. The summed E-state index contributed by atoms with van der Waals surface area (Å²) in [5.41, 5.74) is 1.67. The number of carbonyl (C=O) groups is 1. The molecule has 1 atom stereocenters. The van der Waals surface area contributed by atoms with Crippen LogP contribution >= 0.6 is 0 Å². The highest BCUT2D eigenvalue weighted by atomic mass is 32.2. The van der Waals surface area contributed by atoms with E-state index in [1.54, 1.807) is 30.3 Å². The first kappa shape index (κ1) is 16.7. The van der Waals surface area contributed by atoms with Gasteiger partial charge in [0.05, 0.1) is 4.90 Å². The van der Waals surface area contributed by atoms with Crippen molar-refractivity contribution in [1.29, 1.82) is 0 Å². The number of rotatable bonds is 2. The van der Waals surface area contributed by atoms with Crippen molar-refractivity contribution in [3.8, 4) is 0 Å². The lowest BCUT2D eigenvalue weighted by Gasteiger charge is -2.25. The molecule has 1 aromatic rings. The second-order valence-electron chi connectivity index (χ2n) is 7.01. The van der Waals surface area contributed by atoms with Gasteiger partial charge in [0.1, 0.15) is 6.10 Å². The molecule has 0 bridgehead atoms. The second-order valence-corrected chi connectivity index (χ2v) is 8.93. The highest BCUT2D eigenvalue weighted by Crippen LogP contribution is 2.31. The first-order valence-corrected chi connectivity index (χ1v) is 9.33. The van der Waals surface area contributed by atoms with Gasteiger partial charge >= 0.3 is 5.97 Å². The highest BCUT2D eigenvalue weighted by Gasteiger charge is 2.35. The summed E-state index contributed by atoms with van der Waals surface area (Å²) >= 11 is 0. The van der Waals surface area contributed by atoms with Crippen molar-refractivity contribution in [2.24, 2.45) is 0 Å². The third-order valence-electron chi connectivity index (χ3n) is 4.22. The zero-order valence-corrected chi connectivity index (χ0v) is 14.8. The lowest BCUT2D eigenvalue weighted by Crippen LogP contribution is -2.29. The monoisotopic (exact) mass is 344 g/mol. The lowest BCUT2D eigenvalue weighted by atomic mass is 9.87. The SMILES string of the molecule is CC(C)(C)c1ccc(S(=O)(=O)C2=CC3=CC=CCC3OC2=O)cc1. The maximum absolute atomic E-state index is 12.8. The van der Waals surface area contributed by atoms with E-state index < -0.39 is 15.8 Å². The molecule has 24 heavy (non-hydrogen) atoms. The summed E-state index contributed by atoms with van der Waals surface area (Å²) in [6.07, 6.45) is 7.13. The van der Waals surface area contributed by atoms with Gasteiger partial charge < -0.3 is 4.74 Å². The molecule has 0 N–H and O–H groups in total. The molecule has 1 aromatic carbocycles. The van der Waals surface area contributed by atoms with Crippen molar-refractivity contribution in [1.82, 2.24) is 0 Å². The van der Waals surface area contributed by atoms with Gasteiger partial charge in [0.25, 0.3) is 0 Å². The molecule has 5 heteroatoms. The Kier molecular flexibility index (Phi) is 4.00. The average molecular weight is 344 g/mol. The van der Waals surface area contributed by atoms with Crippen LogP contribution in [-0.4, -0.2) is 20.5 Å². The second kappa shape index (κ2) is 5.74. The number of hydrogen-bond donors (Lipinski definition) is 0. The molecule has 4 nitrogen and oxygen atoms in total. The molecule has 0 radical (unpaired) electrons. The minimum atomic E-state index is -3.90. The van der Waals surface area contributed by atoms with Gasteiger partial charge in [-0.25, -0.2) is 13.2 Å². The summed E-state index contributed by atoms with van der Waals surface area (Å²) in [6, 6.07) is 6.66. The van der Waals surface area contributed by atoms with Crippen molar-refractivity contribution in [2.75, 3.05) is 0 Å². The zero-order chi connectivity index (χ0) is 17.5. The van der Waals surface area contributed by atoms with Gasteiger partial charge in [-0.2, -0.15) is 0 Å². The molecule has 0 saturated carbocycles. The summed E-state index contributed by atoms with van der Waals surface area (Å²) in [5, 5.41) is 0. The molecular weight excluding hydrogens is 324 g/mol. The van der Waals surface area contributed by atoms with E-state index in [9.17, 15) is 13.2 Å². The summed E-state index contributed by atoms with van der Waals surface area (Å²) in [4.78, 5) is 12.0. The van der Waals surface area contributed by atoms with Crippen LogP contribution in [0.3, 0.4) is 0 Å². The van der Waals surface area contributed by atoms with Crippen LogP contribution in [0.1, 0.15) is 32.8 Å². The molecular formula is C19H20O4S. The molecule has 0 spiro atoms. The maximum atomic E-state index is 12.8. The van der Waals surface area contributed by atoms with E-state index in [1.165, 1.54) is 6.08 Å². The lowest BCUT2D eigenvalue weighted by molar-refractivity contribution is -0.142. The number of benzene rings is 1. The molecule has 0 amide bonds. The Morgan fingerprint density at radius 1 is 1.12 bits per heavy atom. The number of esters is 1. The minimum Gasteiger partial charge on any atom is -0.453 e. The first-order chi connectivity index (χ1) is 11.2. The Morgan fingerprint density at radius 3 is 2.42 bits per heavy atom. The van der Waals surface area contributed by atoms with Crippen molar-refractivity contribution in [2.45, 2.75) is 43.6 Å². The Balaban J connectivity index is 2.01. The number of allylic oxidation sites excluding steroid dienone is 2. The largest absolute Gasteiger partial charge is 0.453 e. The van der Waals surface area contributed by atoms with Gasteiger partial charge in [-0.05, 0) is 34.8 Å². The third-order valence-corrected chi connectivity index (χ3v) is 5.97. The minimum absolute atomic E-state index is 0.0716. The normalized spacial score (nSPS) is 20.8. The molecule has 126 valence electrons. The topological polar surface area (TPSA) is 60.4 Å². The van der Waals surface area contributed by atoms with Gasteiger partial charge in [-0.3, -0.25) is 0 Å². The van der Waals surface area contributed by atoms with Crippen molar-refractivity contribution < 1.29 is 17.9 Å². The van der Waals surface area contributed by atoms with Gasteiger partial charge in [-0.1, -0.05) is 51.1 Å². The molecule has 1 aliphatic heterocycles. The van der Waals surface area contributed by atoms with E-state index >= 15 is 0 Å². The van der Waals surface area contributed by atoms with Crippen LogP contribution in [0.4, 0.5) is 0 Å². The first-order valence-electron chi connectivity index (χ1n) is 7.84. The number of fused-ring (bicyclic) bond motifs is 1. The van der Waals surface area contributed by atoms with Gasteiger partial charge in [0.2, 0.25) is 9.84 Å². The van der Waals surface area contributed by atoms with Crippen LogP contribution in [0, 0.1) is 0 Å². The van der Waals surface area contributed by atoms with E-state index in [4.69, 9.17) is 4.74 Å². The molecule has 2 aliphatic rings. The van der Waals surface area contributed by atoms with Gasteiger partial charge in [-0.15, -0.1) is 0 Å². The molecule has 1 unspecified atom stereocenters. The number of carbonyl (C=O) groups excluding carboxylic acids is 1. The Hall–Kier alpha value is -2.14. The van der Waals surface area contributed by atoms with E-state index in [0.29, 0.717) is 12.0 Å². The standard InChI is InChI=1S/C19H20O4S/c1-19(2,3)14-8-10-15(11-9-14)24(21,22)17-12-13-6-4-5-7-16(13)23-18(17)20/h4-6,8-12,16H,7H2,1-3H3. The van der Waals surface area contributed by atoms with Crippen LogP contribution in [0.2, 0.25) is 0 Å². The van der Waals surface area contributed by atoms with Crippen LogP contribution in [-0.2, 0) is 24.8 Å². The Morgan fingerprint density at radius 2 is 1.79 bits per heavy atom. The third kappa shape index (κ3) is 2.96. The molecule has 1 aliphatic carbocycles. The van der Waals surface area contributed by atoms with Crippen LogP contribution in [0.15, 0.2) is 63.9 Å². The molecule has 1 heterocycles. The van der Waals surface area contributed by atoms with Crippen LogP contribution in [0.25, 0.3) is 0 Å². The van der Waals surface area contributed by atoms with E-state index in [0.717, 1.165) is 5.56 Å². The van der Waals surface area contributed by atoms with Crippen molar-refractivity contribution in [3.05, 3.63) is 64.6 Å². The average Bonchev–Trinajstić information content (AvgIpc) is 2.53. The molecule has 0 aromatic heterocycles. The van der Waals surface area contributed by atoms with Gasteiger partial charge in [0.15, 0.2) is 4.91 Å². The maximum Gasteiger partial charge on any atom is 0.350 e. The van der Waals surface area contributed by atoms with E-state index in [-0.39, 0.29) is 21.3 Å². The van der Waals surface area contributed by atoms with Crippen LogP contribution in [0.5, 0.6) is 0 Å². The van der Waals surface area contributed by atoms with Crippen molar-refractivity contribution >= 4 is 15.8 Å². The molecule has 3 rings (SSSR count). The number of hydrogen-bond acceptors (Lipinski definition) is 4. The Labute approximate surface area is 142 Å². The summed E-state index contributed by atoms with van der Waals surface area (Å²) in [7, 11) is -3.90. The predicted octanol–water partition coefficient (Wildman–Crippen LogP) is 3.45. The summed E-state index contributed by atoms with van der Waals surface area (Å²) in [6.45, 7) is 6.17. The summed E-state index contributed by atoms with van der Waals surface area (Å²) < 4.78 is 30.9. The fraction of sp³-hybridized carbons (Fsp3) is 0.316. The zero-order valence-electron chi connectivity index (χ0n) is 13.9. The fourth-order valence-electron chi connectivity index (χ4n) is 2.73. The number of ether oxygens (including phenoxy) is 1. The van der Waals surface area contributed by atoms with Crippen LogP contribution < -0.4 is 0 Å².